The summed E-state index contributed by atoms with van der Waals surface area (Å²) >= 11 is 0. The van der Waals surface area contributed by atoms with Gasteiger partial charge >= 0.3 is 0 Å². The van der Waals surface area contributed by atoms with Crippen LogP contribution in [0.25, 0.3) is 0 Å². The molecule has 0 saturated carbocycles. The molecule has 0 fully saturated rings. The molecule has 0 amide bonds. The van der Waals surface area contributed by atoms with Crippen LogP contribution in [0.5, 0.6) is 5.75 Å². The molecule has 2 nitrogen and oxygen atoms in total. The lowest BCUT2D eigenvalue weighted by atomic mass is 9.85. The van der Waals surface area contributed by atoms with Gasteiger partial charge in [0, 0.05) is 25.4 Å². The van der Waals surface area contributed by atoms with E-state index in [0.29, 0.717) is 5.92 Å². The Morgan fingerprint density at radius 3 is 3.00 bits per heavy atom. The molecule has 1 atom stereocenters. The van der Waals surface area contributed by atoms with Crippen LogP contribution in [0.4, 0.5) is 0 Å². The van der Waals surface area contributed by atoms with E-state index in [2.05, 4.69) is 47.8 Å². The largest absolute Gasteiger partial charge is 0.493 e. The Bertz CT molecular complexity index is 620. The van der Waals surface area contributed by atoms with Crippen molar-refractivity contribution in [3.8, 4) is 5.75 Å². The lowest BCUT2D eigenvalue weighted by Crippen LogP contribution is -2.28. The van der Waals surface area contributed by atoms with E-state index in [0.717, 1.165) is 31.9 Å². The highest BCUT2D eigenvalue weighted by Gasteiger charge is 2.22. The topological polar surface area (TPSA) is 21.3 Å². The van der Waals surface area contributed by atoms with Crippen LogP contribution in [0, 0.1) is 0 Å². The van der Waals surface area contributed by atoms with Crippen molar-refractivity contribution in [1.29, 1.82) is 0 Å². The van der Waals surface area contributed by atoms with Gasteiger partial charge in [-0.05, 0) is 28.3 Å². The third kappa shape index (κ3) is 1.83. The molecule has 1 N–H and O–H groups in total. The summed E-state index contributed by atoms with van der Waals surface area (Å²) in [5, 5.41) is 3.53. The van der Waals surface area contributed by atoms with Gasteiger partial charge in [-0.15, -0.1) is 0 Å². The summed E-state index contributed by atoms with van der Waals surface area (Å²) in [6.45, 7) is 2.84. The van der Waals surface area contributed by atoms with E-state index >= 15 is 0 Å². The molecular weight excluding hydrogens is 234 g/mol. The quantitative estimate of drug-likeness (QED) is 0.841. The van der Waals surface area contributed by atoms with Gasteiger partial charge in [0.25, 0.3) is 0 Å². The standard InChI is InChI=1S/C17H17NO/c1-2-4-15-14(3-1)10-18-11-16(15)12-5-6-17-13(9-12)7-8-19-17/h1-6,9,16,18H,7-8,10-11H2. The van der Waals surface area contributed by atoms with Gasteiger partial charge in [0.1, 0.15) is 5.75 Å². The minimum Gasteiger partial charge on any atom is -0.493 e. The molecule has 0 radical (unpaired) electrons. The van der Waals surface area contributed by atoms with E-state index in [-0.39, 0.29) is 0 Å². The molecule has 2 heterocycles. The second kappa shape index (κ2) is 4.39. The number of benzene rings is 2. The van der Waals surface area contributed by atoms with Crippen molar-refractivity contribution in [3.05, 3.63) is 64.7 Å². The van der Waals surface area contributed by atoms with Crippen LogP contribution in [0.1, 0.15) is 28.2 Å². The smallest absolute Gasteiger partial charge is 0.122 e. The molecule has 2 aromatic rings. The lowest BCUT2D eigenvalue weighted by molar-refractivity contribution is 0.357. The molecule has 0 bridgehead atoms. The molecule has 96 valence electrons. The number of nitrogens with one attached hydrogen (secondary N) is 1. The molecule has 4 rings (SSSR count). The molecule has 1 unspecified atom stereocenters. The van der Waals surface area contributed by atoms with Gasteiger partial charge in [0.15, 0.2) is 0 Å². The second-order valence-corrected chi connectivity index (χ2v) is 5.35. The molecule has 0 aliphatic carbocycles. The maximum atomic E-state index is 5.59. The van der Waals surface area contributed by atoms with Crippen LogP contribution in [-0.2, 0) is 13.0 Å². The summed E-state index contributed by atoms with van der Waals surface area (Å²) in [7, 11) is 0. The van der Waals surface area contributed by atoms with E-state index in [1.807, 2.05) is 0 Å². The van der Waals surface area contributed by atoms with Gasteiger partial charge < -0.3 is 10.1 Å². The molecule has 0 spiro atoms. The summed E-state index contributed by atoms with van der Waals surface area (Å²) < 4.78 is 5.59. The fraction of sp³-hybridized carbons (Fsp3) is 0.294. The predicted octanol–water partition coefficient (Wildman–Crippen LogP) is 2.86. The Hall–Kier alpha value is -1.80. The van der Waals surface area contributed by atoms with Gasteiger partial charge in [-0.3, -0.25) is 0 Å². The summed E-state index contributed by atoms with van der Waals surface area (Å²) in [6, 6.07) is 15.5. The highest BCUT2D eigenvalue weighted by atomic mass is 16.5. The molecule has 2 aliphatic heterocycles. The summed E-state index contributed by atoms with van der Waals surface area (Å²) in [6.07, 6.45) is 1.05. The maximum absolute atomic E-state index is 5.59. The van der Waals surface area contributed by atoms with Crippen LogP contribution >= 0.6 is 0 Å². The van der Waals surface area contributed by atoms with Crippen LogP contribution in [0.15, 0.2) is 42.5 Å². The SMILES string of the molecule is c1ccc2c(c1)CNCC2c1ccc2c(c1)CCO2. The summed E-state index contributed by atoms with van der Waals surface area (Å²) in [4.78, 5) is 0. The zero-order valence-electron chi connectivity index (χ0n) is 10.9. The molecule has 2 aromatic carbocycles. The van der Waals surface area contributed by atoms with E-state index in [1.165, 1.54) is 22.3 Å². The average molecular weight is 251 g/mol. The van der Waals surface area contributed by atoms with Gasteiger partial charge in [0.05, 0.1) is 6.61 Å². The molecule has 0 saturated heterocycles. The number of hydrogen-bond acceptors (Lipinski definition) is 2. The fourth-order valence-electron chi connectivity index (χ4n) is 3.22. The molecule has 19 heavy (non-hydrogen) atoms. The molecule has 0 aromatic heterocycles. The normalized spacial score (nSPS) is 20.5. The average Bonchev–Trinajstić information content (AvgIpc) is 2.94. The van der Waals surface area contributed by atoms with Crippen LogP contribution < -0.4 is 10.1 Å². The minimum absolute atomic E-state index is 0.468. The minimum atomic E-state index is 0.468. The highest BCUT2D eigenvalue weighted by molar-refractivity contribution is 5.46. The fourth-order valence-corrected chi connectivity index (χ4v) is 3.22. The molecule has 2 aliphatic rings. The van der Waals surface area contributed by atoms with Gasteiger partial charge in [-0.2, -0.15) is 0 Å². The first kappa shape index (κ1) is 11.1. The van der Waals surface area contributed by atoms with Gasteiger partial charge in [0.2, 0.25) is 0 Å². The maximum Gasteiger partial charge on any atom is 0.122 e. The second-order valence-electron chi connectivity index (χ2n) is 5.35. The van der Waals surface area contributed by atoms with Crippen molar-refractivity contribution < 1.29 is 4.74 Å². The Balaban J connectivity index is 1.77. The van der Waals surface area contributed by atoms with Crippen LogP contribution in [-0.4, -0.2) is 13.2 Å². The zero-order valence-corrected chi connectivity index (χ0v) is 10.9. The predicted molar refractivity (Wildman–Crippen MR) is 75.6 cm³/mol. The van der Waals surface area contributed by atoms with E-state index < -0.39 is 0 Å². The highest BCUT2D eigenvalue weighted by Crippen LogP contribution is 2.34. The van der Waals surface area contributed by atoms with Gasteiger partial charge in [-0.25, -0.2) is 0 Å². The third-order valence-electron chi connectivity index (χ3n) is 4.21. The number of ether oxygens (including phenoxy) is 1. The van der Waals surface area contributed by atoms with Crippen LogP contribution in [0.3, 0.4) is 0 Å². The van der Waals surface area contributed by atoms with E-state index in [4.69, 9.17) is 4.74 Å². The summed E-state index contributed by atoms with van der Waals surface area (Å²) in [5.74, 6) is 1.54. The van der Waals surface area contributed by atoms with Gasteiger partial charge in [-0.1, -0.05) is 36.4 Å². The number of hydrogen-bond donors (Lipinski definition) is 1. The van der Waals surface area contributed by atoms with E-state index in [9.17, 15) is 0 Å². The Labute approximate surface area is 113 Å². The van der Waals surface area contributed by atoms with Crippen molar-refractivity contribution >= 4 is 0 Å². The number of fused-ring (bicyclic) bond motifs is 2. The van der Waals surface area contributed by atoms with Crippen molar-refractivity contribution in [3.63, 3.8) is 0 Å². The molecule has 2 heteroatoms. The van der Waals surface area contributed by atoms with Crippen molar-refractivity contribution in [2.75, 3.05) is 13.2 Å². The first-order chi connectivity index (χ1) is 9.42. The Morgan fingerprint density at radius 2 is 2.00 bits per heavy atom. The third-order valence-corrected chi connectivity index (χ3v) is 4.21. The Kier molecular flexibility index (Phi) is 2.56. The van der Waals surface area contributed by atoms with Crippen molar-refractivity contribution in [1.82, 2.24) is 5.32 Å². The van der Waals surface area contributed by atoms with Crippen molar-refractivity contribution in [2.24, 2.45) is 0 Å². The zero-order chi connectivity index (χ0) is 12.7. The van der Waals surface area contributed by atoms with E-state index in [1.54, 1.807) is 0 Å². The summed E-state index contributed by atoms with van der Waals surface area (Å²) in [5.41, 5.74) is 5.67. The first-order valence-corrected chi connectivity index (χ1v) is 6.96. The van der Waals surface area contributed by atoms with Crippen molar-refractivity contribution in [2.45, 2.75) is 18.9 Å². The lowest BCUT2D eigenvalue weighted by Gasteiger charge is -2.27. The Morgan fingerprint density at radius 1 is 1.05 bits per heavy atom. The molecular formula is C17H17NO. The monoisotopic (exact) mass is 251 g/mol. The number of rotatable bonds is 1. The first-order valence-electron chi connectivity index (χ1n) is 6.96. The van der Waals surface area contributed by atoms with Crippen LogP contribution in [0.2, 0.25) is 0 Å².